The van der Waals surface area contributed by atoms with Gasteiger partial charge in [-0.25, -0.2) is 0 Å². The zero-order chi connectivity index (χ0) is 21.3. The van der Waals surface area contributed by atoms with Crippen molar-refractivity contribution in [3.63, 3.8) is 0 Å². The SMILES string of the molecule is CC(C)Cn1cnc(-c2cnc(-n3ncc4cc(C#N)cnc43)cc2[As]C(C)C)c1. The maximum absolute atomic E-state index is 9.10. The first-order chi connectivity index (χ1) is 14.4. The minimum absolute atomic E-state index is 0.0602. The first kappa shape index (κ1) is 20.3. The molecule has 0 N–H and O–H groups in total. The van der Waals surface area contributed by atoms with E-state index in [-0.39, 0.29) is 15.8 Å². The van der Waals surface area contributed by atoms with E-state index in [1.807, 2.05) is 12.5 Å². The molecule has 0 aliphatic rings. The van der Waals surface area contributed by atoms with Crippen molar-refractivity contribution in [3.05, 3.63) is 48.8 Å². The molecule has 0 aliphatic carbocycles. The van der Waals surface area contributed by atoms with E-state index in [9.17, 15) is 0 Å². The molecule has 4 aromatic heterocycles. The molecule has 0 amide bonds. The zero-order valence-electron chi connectivity index (χ0n) is 17.5. The molecule has 7 nitrogen and oxygen atoms in total. The Morgan fingerprint density at radius 2 is 1.90 bits per heavy atom. The van der Waals surface area contributed by atoms with Crippen molar-refractivity contribution in [2.24, 2.45) is 5.92 Å². The van der Waals surface area contributed by atoms with Gasteiger partial charge in [0.2, 0.25) is 0 Å². The number of rotatable bonds is 6. The Hall–Kier alpha value is -2.97. The van der Waals surface area contributed by atoms with Gasteiger partial charge in [0.15, 0.2) is 0 Å². The molecule has 30 heavy (non-hydrogen) atoms. The number of nitrogens with zero attached hydrogens (tertiary/aromatic N) is 7. The number of hydrogen-bond acceptors (Lipinski definition) is 5. The predicted octanol–water partition coefficient (Wildman–Crippen LogP) is 3.36. The van der Waals surface area contributed by atoms with Gasteiger partial charge in [0.1, 0.15) is 0 Å². The summed E-state index contributed by atoms with van der Waals surface area (Å²) in [7, 11) is 0. The van der Waals surface area contributed by atoms with Crippen LogP contribution >= 0.6 is 0 Å². The fourth-order valence-corrected chi connectivity index (χ4v) is 5.52. The van der Waals surface area contributed by atoms with Crippen molar-refractivity contribution in [1.29, 1.82) is 5.26 Å². The van der Waals surface area contributed by atoms with E-state index in [0.717, 1.165) is 29.0 Å². The minimum atomic E-state index is -0.0602. The molecular weight excluding hydrogens is 437 g/mol. The average Bonchev–Trinajstić information content (AvgIpc) is 3.33. The van der Waals surface area contributed by atoms with Crippen molar-refractivity contribution in [3.8, 4) is 23.1 Å². The molecule has 8 heteroatoms. The van der Waals surface area contributed by atoms with Gasteiger partial charge in [0.25, 0.3) is 0 Å². The van der Waals surface area contributed by atoms with Crippen LogP contribution in [-0.4, -0.2) is 45.1 Å². The summed E-state index contributed by atoms with van der Waals surface area (Å²) in [6, 6.07) is 6.03. The Balaban J connectivity index is 1.77. The predicted molar refractivity (Wildman–Crippen MR) is 118 cm³/mol. The summed E-state index contributed by atoms with van der Waals surface area (Å²) in [4.78, 5) is 13.8. The monoisotopic (exact) mass is 460 g/mol. The first-order valence-corrected chi connectivity index (χ1v) is 11.9. The van der Waals surface area contributed by atoms with Crippen molar-refractivity contribution in [1.82, 2.24) is 29.3 Å². The number of imidazole rings is 1. The summed E-state index contributed by atoms with van der Waals surface area (Å²) in [6.45, 7) is 9.84. The van der Waals surface area contributed by atoms with Gasteiger partial charge < -0.3 is 0 Å². The second-order valence-corrected chi connectivity index (χ2v) is 11.7. The molecular formula is C22H23AsN7. The second-order valence-electron chi connectivity index (χ2n) is 7.94. The third-order valence-corrected chi connectivity index (χ3v) is 6.95. The molecule has 0 saturated carbocycles. The fourth-order valence-electron chi connectivity index (χ4n) is 3.30. The van der Waals surface area contributed by atoms with Crippen LogP contribution in [0.4, 0.5) is 0 Å². The molecule has 0 unspecified atom stereocenters. The van der Waals surface area contributed by atoms with Crippen molar-refractivity contribution >= 4 is 31.1 Å². The topological polar surface area (TPSA) is 85.2 Å². The molecule has 0 aromatic carbocycles. The van der Waals surface area contributed by atoms with Gasteiger partial charge in [0, 0.05) is 0 Å². The Morgan fingerprint density at radius 3 is 2.63 bits per heavy atom. The second kappa shape index (κ2) is 8.41. The average molecular weight is 460 g/mol. The first-order valence-electron chi connectivity index (χ1n) is 9.92. The normalized spacial score (nSPS) is 11.9. The van der Waals surface area contributed by atoms with E-state index < -0.39 is 0 Å². The summed E-state index contributed by atoms with van der Waals surface area (Å²) >= 11 is -0.0602. The van der Waals surface area contributed by atoms with Crippen LogP contribution in [0.5, 0.6) is 0 Å². The number of pyridine rings is 2. The quantitative estimate of drug-likeness (QED) is 0.412. The molecule has 151 valence electrons. The Labute approximate surface area is 182 Å². The van der Waals surface area contributed by atoms with Crippen LogP contribution in [-0.2, 0) is 6.54 Å². The van der Waals surface area contributed by atoms with E-state index >= 15 is 0 Å². The molecule has 4 rings (SSSR count). The van der Waals surface area contributed by atoms with Crippen molar-refractivity contribution in [2.45, 2.75) is 38.9 Å². The van der Waals surface area contributed by atoms with Crippen LogP contribution in [0.15, 0.2) is 43.2 Å². The van der Waals surface area contributed by atoms with Gasteiger partial charge in [-0.2, -0.15) is 0 Å². The van der Waals surface area contributed by atoms with E-state index in [1.54, 1.807) is 23.1 Å². The van der Waals surface area contributed by atoms with E-state index in [0.29, 0.717) is 21.8 Å². The van der Waals surface area contributed by atoms with Crippen LogP contribution < -0.4 is 4.35 Å². The number of aromatic nitrogens is 6. The Bertz CT molecular complexity index is 1230. The Kier molecular flexibility index (Phi) is 5.69. The molecule has 0 bridgehead atoms. The van der Waals surface area contributed by atoms with Crippen LogP contribution in [0.3, 0.4) is 0 Å². The fraction of sp³-hybridized carbons (Fsp3) is 0.318. The van der Waals surface area contributed by atoms with Crippen molar-refractivity contribution in [2.75, 3.05) is 0 Å². The van der Waals surface area contributed by atoms with Gasteiger partial charge in [-0.05, 0) is 0 Å². The maximum atomic E-state index is 9.10. The number of fused-ring (bicyclic) bond motifs is 1. The summed E-state index contributed by atoms with van der Waals surface area (Å²) in [5.74, 6) is 1.30. The molecule has 0 saturated heterocycles. The number of hydrogen-bond donors (Lipinski definition) is 0. The third-order valence-electron chi connectivity index (χ3n) is 4.50. The van der Waals surface area contributed by atoms with Crippen LogP contribution in [0.1, 0.15) is 33.3 Å². The van der Waals surface area contributed by atoms with Gasteiger partial charge in [0.05, 0.1) is 0 Å². The van der Waals surface area contributed by atoms with Gasteiger partial charge in [-0.3, -0.25) is 0 Å². The standard InChI is InChI=1S/C22H23AsN7/c1-14(2)11-29-12-20(27-13-29)18-10-25-21(6-19(18)23-15(3)4)30-22-17(9-28-30)5-16(7-24)8-26-22/h5-6,8-10,12-15H,11H2,1-4H3. The summed E-state index contributed by atoms with van der Waals surface area (Å²) in [5.41, 5.74) is 3.27. The molecule has 4 heterocycles. The van der Waals surface area contributed by atoms with Crippen LogP contribution in [0.25, 0.3) is 28.1 Å². The third kappa shape index (κ3) is 4.15. The number of nitriles is 1. The van der Waals surface area contributed by atoms with Gasteiger partial charge in [-0.15, -0.1) is 0 Å². The summed E-state index contributed by atoms with van der Waals surface area (Å²) in [5, 5.41) is 14.4. The summed E-state index contributed by atoms with van der Waals surface area (Å²) < 4.78 is 5.74. The van der Waals surface area contributed by atoms with E-state index in [4.69, 9.17) is 5.26 Å². The van der Waals surface area contributed by atoms with Crippen LogP contribution in [0.2, 0.25) is 4.71 Å². The Morgan fingerprint density at radius 1 is 1.07 bits per heavy atom. The van der Waals surface area contributed by atoms with E-state index in [2.05, 4.69) is 70.6 Å². The van der Waals surface area contributed by atoms with Crippen molar-refractivity contribution < 1.29 is 0 Å². The summed E-state index contributed by atoms with van der Waals surface area (Å²) in [6.07, 6.45) is 9.20. The van der Waals surface area contributed by atoms with E-state index in [1.165, 1.54) is 4.35 Å². The van der Waals surface area contributed by atoms with Gasteiger partial charge in [-0.1, -0.05) is 0 Å². The van der Waals surface area contributed by atoms with Crippen LogP contribution in [0, 0.1) is 17.2 Å². The zero-order valence-corrected chi connectivity index (χ0v) is 19.4. The molecule has 0 aliphatic heterocycles. The van der Waals surface area contributed by atoms with Gasteiger partial charge >= 0.3 is 183 Å². The molecule has 0 fully saturated rings. The molecule has 1 radical (unpaired) electrons. The molecule has 0 spiro atoms. The molecule has 0 atom stereocenters. The molecule has 4 aromatic rings.